The average molecular weight is 328 g/mol. The molecule has 0 aromatic heterocycles. The third-order valence-electron chi connectivity index (χ3n) is 5.09. The van der Waals surface area contributed by atoms with E-state index in [2.05, 4.69) is 12.6 Å². The van der Waals surface area contributed by atoms with Gasteiger partial charge >= 0.3 is 0 Å². The van der Waals surface area contributed by atoms with Crippen LogP contribution in [0, 0.1) is 5.92 Å². The Kier molecular flexibility index (Phi) is 5.10. The van der Waals surface area contributed by atoms with E-state index in [0.717, 1.165) is 36.8 Å². The Bertz CT molecular complexity index is 608. The fraction of sp³-hybridized carbons (Fsp3) is 0.400. The van der Waals surface area contributed by atoms with Gasteiger partial charge in [0.25, 0.3) is 0 Å². The highest BCUT2D eigenvalue weighted by Gasteiger charge is 2.46. The monoisotopic (exact) mass is 328 g/mol. The summed E-state index contributed by atoms with van der Waals surface area (Å²) in [6.07, 6.45) is 2.77. The maximum Gasteiger partial charge on any atom is 0.122 e. The maximum absolute atomic E-state index is 11.6. The van der Waals surface area contributed by atoms with Crippen LogP contribution < -0.4 is 0 Å². The molecule has 2 N–H and O–H groups in total. The highest BCUT2D eigenvalue weighted by atomic mass is 32.1. The molecule has 0 amide bonds. The first-order valence-electron chi connectivity index (χ1n) is 8.31. The Balaban J connectivity index is 2.00. The molecule has 3 rings (SSSR count). The minimum Gasteiger partial charge on any atom is -0.385 e. The maximum atomic E-state index is 11.6. The van der Waals surface area contributed by atoms with Gasteiger partial charge in [-0.05, 0) is 42.7 Å². The molecule has 0 spiro atoms. The van der Waals surface area contributed by atoms with Gasteiger partial charge in [0.15, 0.2) is 0 Å². The summed E-state index contributed by atoms with van der Waals surface area (Å²) < 4.78 is 0. The standard InChI is InChI=1S/C20H24O2S/c21-19(15-7-3-1-4-8-15)20(22,16-9-5-2-6-10-16)17-11-13-18(23)14-12-17/h1-10,17-19,21-23H,11-14H2. The van der Waals surface area contributed by atoms with E-state index in [1.165, 1.54) is 0 Å². The molecule has 0 bridgehead atoms. The number of hydrogen-bond acceptors (Lipinski definition) is 3. The van der Waals surface area contributed by atoms with Crippen LogP contribution in [-0.2, 0) is 5.60 Å². The van der Waals surface area contributed by atoms with Crippen molar-refractivity contribution >= 4 is 12.6 Å². The molecule has 3 heteroatoms. The summed E-state index contributed by atoms with van der Waals surface area (Å²) in [5.41, 5.74) is 0.280. The molecule has 1 fully saturated rings. The van der Waals surface area contributed by atoms with E-state index in [0.29, 0.717) is 5.25 Å². The molecular weight excluding hydrogens is 304 g/mol. The zero-order valence-electron chi connectivity index (χ0n) is 13.2. The van der Waals surface area contributed by atoms with Crippen LogP contribution in [0.1, 0.15) is 42.9 Å². The third-order valence-corrected chi connectivity index (χ3v) is 5.60. The van der Waals surface area contributed by atoms with Crippen molar-refractivity contribution < 1.29 is 10.2 Å². The second-order valence-corrected chi connectivity index (χ2v) is 7.24. The molecule has 2 aromatic carbocycles. The Morgan fingerprint density at radius 1 is 0.870 bits per heavy atom. The number of hydrogen-bond donors (Lipinski definition) is 3. The molecule has 0 radical (unpaired) electrons. The first-order valence-corrected chi connectivity index (χ1v) is 8.83. The molecule has 0 saturated heterocycles. The van der Waals surface area contributed by atoms with E-state index < -0.39 is 11.7 Å². The van der Waals surface area contributed by atoms with Gasteiger partial charge in [-0.1, -0.05) is 60.7 Å². The lowest BCUT2D eigenvalue weighted by Crippen LogP contribution is -2.43. The first-order chi connectivity index (χ1) is 11.1. The van der Waals surface area contributed by atoms with Crippen molar-refractivity contribution in [1.29, 1.82) is 0 Å². The van der Waals surface area contributed by atoms with Crippen molar-refractivity contribution in [3.8, 4) is 0 Å². The van der Waals surface area contributed by atoms with E-state index in [-0.39, 0.29) is 5.92 Å². The molecule has 1 aliphatic carbocycles. The number of rotatable bonds is 4. The minimum atomic E-state index is -1.27. The molecule has 23 heavy (non-hydrogen) atoms. The van der Waals surface area contributed by atoms with Crippen LogP contribution in [0.3, 0.4) is 0 Å². The number of aliphatic hydroxyl groups is 2. The molecule has 0 aliphatic heterocycles. The van der Waals surface area contributed by atoms with Crippen LogP contribution in [0.5, 0.6) is 0 Å². The van der Waals surface area contributed by atoms with Gasteiger partial charge in [-0.3, -0.25) is 0 Å². The zero-order chi connectivity index (χ0) is 16.3. The quantitative estimate of drug-likeness (QED) is 0.740. The predicted molar refractivity (Wildman–Crippen MR) is 96.5 cm³/mol. The topological polar surface area (TPSA) is 40.5 Å². The molecule has 2 unspecified atom stereocenters. The van der Waals surface area contributed by atoms with Crippen molar-refractivity contribution in [2.45, 2.75) is 42.6 Å². The van der Waals surface area contributed by atoms with Gasteiger partial charge < -0.3 is 10.2 Å². The lowest BCUT2D eigenvalue weighted by Gasteiger charge is -2.43. The first kappa shape index (κ1) is 16.6. The highest BCUT2D eigenvalue weighted by molar-refractivity contribution is 7.80. The molecule has 1 saturated carbocycles. The summed E-state index contributed by atoms with van der Waals surface area (Å²) in [5.74, 6) is 0.0310. The predicted octanol–water partition coefficient (Wildman–Crippen LogP) is 4.10. The molecule has 1 aliphatic rings. The Hall–Kier alpha value is -1.29. The summed E-state index contributed by atoms with van der Waals surface area (Å²) in [5, 5.41) is 23.1. The Morgan fingerprint density at radius 2 is 1.39 bits per heavy atom. The molecule has 0 heterocycles. The lowest BCUT2D eigenvalue weighted by atomic mass is 9.69. The second kappa shape index (κ2) is 7.08. The lowest BCUT2D eigenvalue weighted by molar-refractivity contribution is -0.132. The highest BCUT2D eigenvalue weighted by Crippen LogP contribution is 2.47. The third kappa shape index (κ3) is 3.32. The van der Waals surface area contributed by atoms with Crippen molar-refractivity contribution in [1.82, 2.24) is 0 Å². The van der Waals surface area contributed by atoms with E-state index in [1.807, 2.05) is 60.7 Å². The Labute approximate surface area is 143 Å². The summed E-state index contributed by atoms with van der Waals surface area (Å²) >= 11 is 4.56. The van der Waals surface area contributed by atoms with Crippen molar-refractivity contribution in [2.75, 3.05) is 0 Å². The van der Waals surface area contributed by atoms with Gasteiger partial charge in [0.05, 0.1) is 0 Å². The average Bonchev–Trinajstić information content (AvgIpc) is 2.62. The fourth-order valence-electron chi connectivity index (χ4n) is 3.73. The summed E-state index contributed by atoms with van der Waals surface area (Å²) in [6, 6.07) is 19.1. The van der Waals surface area contributed by atoms with Gasteiger partial charge in [-0.2, -0.15) is 12.6 Å². The molecular formula is C20H24O2S. The van der Waals surface area contributed by atoms with E-state index in [1.54, 1.807) is 0 Å². The molecule has 2 nitrogen and oxygen atoms in total. The number of aliphatic hydroxyl groups excluding tert-OH is 1. The Morgan fingerprint density at radius 3 is 1.96 bits per heavy atom. The summed E-state index contributed by atoms with van der Waals surface area (Å²) in [6.45, 7) is 0. The zero-order valence-corrected chi connectivity index (χ0v) is 14.1. The summed E-state index contributed by atoms with van der Waals surface area (Å²) in [4.78, 5) is 0. The van der Waals surface area contributed by atoms with Crippen LogP contribution in [-0.4, -0.2) is 15.5 Å². The largest absolute Gasteiger partial charge is 0.385 e. The van der Waals surface area contributed by atoms with Gasteiger partial charge in [0, 0.05) is 5.25 Å². The van der Waals surface area contributed by atoms with Crippen LogP contribution in [0.15, 0.2) is 60.7 Å². The van der Waals surface area contributed by atoms with E-state index in [4.69, 9.17) is 0 Å². The second-order valence-electron chi connectivity index (χ2n) is 6.51. The van der Waals surface area contributed by atoms with Crippen molar-refractivity contribution in [3.63, 3.8) is 0 Å². The van der Waals surface area contributed by atoms with Crippen LogP contribution in [0.2, 0.25) is 0 Å². The smallest absolute Gasteiger partial charge is 0.122 e. The van der Waals surface area contributed by atoms with E-state index in [9.17, 15) is 10.2 Å². The van der Waals surface area contributed by atoms with E-state index >= 15 is 0 Å². The van der Waals surface area contributed by atoms with Gasteiger partial charge in [-0.25, -0.2) is 0 Å². The minimum absolute atomic E-state index is 0.0310. The normalized spacial score (nSPS) is 25.5. The summed E-state index contributed by atoms with van der Waals surface area (Å²) in [7, 11) is 0. The number of benzene rings is 2. The van der Waals surface area contributed by atoms with Gasteiger partial charge in [0.2, 0.25) is 0 Å². The van der Waals surface area contributed by atoms with Crippen molar-refractivity contribution in [3.05, 3.63) is 71.8 Å². The van der Waals surface area contributed by atoms with Crippen LogP contribution in [0.4, 0.5) is 0 Å². The van der Waals surface area contributed by atoms with Crippen molar-refractivity contribution in [2.24, 2.45) is 5.92 Å². The molecule has 2 aromatic rings. The number of thiol groups is 1. The molecule has 122 valence electrons. The fourth-order valence-corrected chi connectivity index (χ4v) is 4.03. The van der Waals surface area contributed by atoms with Gasteiger partial charge in [-0.15, -0.1) is 0 Å². The molecule has 2 atom stereocenters. The van der Waals surface area contributed by atoms with Crippen LogP contribution in [0.25, 0.3) is 0 Å². The van der Waals surface area contributed by atoms with Crippen LogP contribution >= 0.6 is 12.6 Å². The van der Waals surface area contributed by atoms with Gasteiger partial charge in [0.1, 0.15) is 11.7 Å². The SMILES string of the molecule is OC(c1ccccc1)C(O)(c1ccccc1)C1CCC(S)CC1.